The number of aliphatic carboxylic acids is 1. The third-order valence-corrected chi connectivity index (χ3v) is 1.88. The summed E-state index contributed by atoms with van der Waals surface area (Å²) in [7, 11) is 0. The number of carbonyl (C=O) groups is 1. The van der Waals surface area contributed by atoms with Crippen molar-refractivity contribution in [2.45, 2.75) is 29.7 Å². The molecule has 0 saturated carbocycles. The third-order valence-electron chi connectivity index (χ3n) is 1.88. The van der Waals surface area contributed by atoms with E-state index < -0.39 is 35.7 Å². The van der Waals surface area contributed by atoms with E-state index in [4.69, 9.17) is 15.3 Å². The maximum atomic E-state index is 12.6. The number of rotatable bonds is 4. The van der Waals surface area contributed by atoms with Crippen molar-refractivity contribution in [3.8, 4) is 0 Å². The minimum absolute atomic E-state index is 3.55. The molecule has 0 radical (unpaired) electrons. The molecule has 114 valence electrons. The first kappa shape index (κ1) is 17.8. The average molecular weight is 310 g/mol. The molecule has 0 aromatic heterocycles. The Labute approximate surface area is 96.6 Å². The van der Waals surface area contributed by atoms with E-state index in [0.29, 0.717) is 0 Å². The van der Waals surface area contributed by atoms with Gasteiger partial charge in [-0.1, -0.05) is 0 Å². The maximum Gasteiger partial charge on any atom is 0.460 e. The molecule has 0 heterocycles. The monoisotopic (exact) mass is 310 g/mol. The third kappa shape index (κ3) is 2.20. The van der Waals surface area contributed by atoms with Crippen LogP contribution >= 0.6 is 0 Å². The van der Waals surface area contributed by atoms with Crippen molar-refractivity contribution in [2.75, 3.05) is 0 Å². The standard InChI is InChI=1S/C6H3F9O4/c7-3(8,2(18,19)1(16)17)4(9,10)5(11,12)6(13,14)15/h18-19H,(H,16,17). The Morgan fingerprint density at radius 1 is 0.684 bits per heavy atom. The van der Waals surface area contributed by atoms with E-state index >= 15 is 0 Å². The van der Waals surface area contributed by atoms with Crippen molar-refractivity contribution in [1.82, 2.24) is 0 Å². The first-order chi connectivity index (χ1) is 7.94. The normalized spacial score (nSPS) is 15.5. The van der Waals surface area contributed by atoms with Crippen LogP contribution in [0.5, 0.6) is 0 Å². The quantitative estimate of drug-likeness (QED) is 0.539. The molecule has 0 aromatic carbocycles. The molecule has 0 aliphatic carbocycles. The molecule has 0 bridgehead atoms. The van der Waals surface area contributed by atoms with E-state index in [-0.39, 0.29) is 0 Å². The van der Waals surface area contributed by atoms with Gasteiger partial charge in [-0.3, -0.25) is 0 Å². The first-order valence-corrected chi connectivity index (χ1v) is 3.83. The summed E-state index contributed by atoms with van der Waals surface area (Å²) in [5.41, 5.74) is 0. The van der Waals surface area contributed by atoms with Gasteiger partial charge in [-0.2, -0.15) is 39.5 Å². The molecule has 3 N–H and O–H groups in total. The van der Waals surface area contributed by atoms with E-state index in [0.717, 1.165) is 0 Å². The van der Waals surface area contributed by atoms with Crippen molar-refractivity contribution in [1.29, 1.82) is 0 Å². The summed E-state index contributed by atoms with van der Waals surface area (Å²) in [5, 5.41) is 24.0. The van der Waals surface area contributed by atoms with Crippen LogP contribution in [0.15, 0.2) is 0 Å². The van der Waals surface area contributed by atoms with Gasteiger partial charge in [0, 0.05) is 0 Å². The van der Waals surface area contributed by atoms with Crippen LogP contribution < -0.4 is 0 Å². The lowest BCUT2D eigenvalue weighted by Crippen LogP contribution is -2.70. The van der Waals surface area contributed by atoms with Gasteiger partial charge in [0.05, 0.1) is 0 Å². The zero-order valence-corrected chi connectivity index (χ0v) is 8.15. The number of hydrogen-bond donors (Lipinski definition) is 3. The van der Waals surface area contributed by atoms with Gasteiger partial charge in [0.1, 0.15) is 0 Å². The topological polar surface area (TPSA) is 77.8 Å². The summed E-state index contributed by atoms with van der Waals surface area (Å²) in [6, 6.07) is 0. The van der Waals surface area contributed by atoms with Gasteiger partial charge in [-0.05, 0) is 0 Å². The zero-order chi connectivity index (χ0) is 16.1. The van der Waals surface area contributed by atoms with Crippen LogP contribution in [0.4, 0.5) is 39.5 Å². The van der Waals surface area contributed by atoms with Gasteiger partial charge in [-0.15, -0.1) is 0 Å². The Morgan fingerprint density at radius 2 is 1.00 bits per heavy atom. The summed E-state index contributed by atoms with van der Waals surface area (Å²) in [6.07, 6.45) is -7.19. The van der Waals surface area contributed by atoms with Crippen molar-refractivity contribution in [3.05, 3.63) is 0 Å². The summed E-state index contributed by atoms with van der Waals surface area (Å²) in [4.78, 5) is 9.85. The minimum Gasteiger partial charge on any atom is -0.477 e. The lowest BCUT2D eigenvalue weighted by atomic mass is 9.96. The van der Waals surface area contributed by atoms with Crippen molar-refractivity contribution < 1.29 is 59.6 Å². The van der Waals surface area contributed by atoms with Crippen LogP contribution in [0.3, 0.4) is 0 Å². The van der Waals surface area contributed by atoms with Crippen molar-refractivity contribution in [2.24, 2.45) is 0 Å². The molecular weight excluding hydrogens is 307 g/mol. The number of halogens is 9. The molecule has 13 heteroatoms. The smallest absolute Gasteiger partial charge is 0.460 e. The Kier molecular flexibility index (Phi) is 3.86. The summed E-state index contributed by atoms with van der Waals surface area (Å²) >= 11 is 0. The Hall–Kier alpha value is -1.24. The fraction of sp³-hybridized carbons (Fsp3) is 0.833. The SMILES string of the molecule is O=C(O)C(O)(O)C(F)(F)C(F)(F)C(F)(F)C(F)(F)F. The second-order valence-electron chi connectivity index (χ2n) is 3.20. The van der Waals surface area contributed by atoms with E-state index in [1.54, 1.807) is 0 Å². The summed E-state index contributed by atoms with van der Waals surface area (Å²) in [6.45, 7) is 0. The van der Waals surface area contributed by atoms with Crippen LogP contribution in [-0.2, 0) is 4.79 Å². The molecule has 0 spiro atoms. The maximum absolute atomic E-state index is 12.6. The van der Waals surface area contributed by atoms with Gasteiger partial charge in [0.25, 0.3) is 0 Å². The Morgan fingerprint density at radius 3 is 1.21 bits per heavy atom. The zero-order valence-electron chi connectivity index (χ0n) is 8.15. The highest BCUT2D eigenvalue weighted by atomic mass is 19.4. The van der Waals surface area contributed by atoms with Gasteiger partial charge in [0.15, 0.2) is 0 Å². The minimum atomic E-state index is -7.43. The highest BCUT2D eigenvalue weighted by Crippen LogP contribution is 2.55. The molecule has 4 nitrogen and oxygen atoms in total. The van der Waals surface area contributed by atoms with E-state index in [1.807, 2.05) is 0 Å². The lowest BCUT2D eigenvalue weighted by Gasteiger charge is -2.37. The number of carboxylic acids is 1. The van der Waals surface area contributed by atoms with Crippen LogP contribution in [-0.4, -0.2) is 51.0 Å². The predicted octanol–water partition coefficient (Wildman–Crippen LogP) is 1.22. The molecule has 0 rings (SSSR count). The van der Waals surface area contributed by atoms with Crippen LogP contribution in [0, 0.1) is 0 Å². The highest BCUT2D eigenvalue weighted by Gasteiger charge is 2.87. The Balaban J connectivity index is 5.99. The molecule has 0 aromatic rings. The van der Waals surface area contributed by atoms with Crippen molar-refractivity contribution >= 4 is 5.97 Å². The largest absolute Gasteiger partial charge is 0.477 e. The van der Waals surface area contributed by atoms with Gasteiger partial charge in [-0.25, -0.2) is 4.79 Å². The van der Waals surface area contributed by atoms with Crippen molar-refractivity contribution in [3.63, 3.8) is 0 Å². The molecule has 0 aliphatic rings. The fourth-order valence-corrected chi connectivity index (χ4v) is 0.728. The lowest BCUT2D eigenvalue weighted by molar-refractivity contribution is -0.433. The number of carboxylic acid groups (broad SMARTS) is 1. The molecule has 19 heavy (non-hydrogen) atoms. The number of aliphatic hydroxyl groups is 2. The van der Waals surface area contributed by atoms with Crippen LogP contribution in [0.2, 0.25) is 0 Å². The number of alkyl halides is 9. The second-order valence-corrected chi connectivity index (χ2v) is 3.20. The second kappa shape index (κ2) is 4.13. The highest BCUT2D eigenvalue weighted by molar-refractivity contribution is 5.76. The van der Waals surface area contributed by atoms with E-state index in [1.165, 1.54) is 0 Å². The van der Waals surface area contributed by atoms with Gasteiger partial charge >= 0.3 is 35.7 Å². The fourth-order valence-electron chi connectivity index (χ4n) is 0.728. The van der Waals surface area contributed by atoms with Crippen LogP contribution in [0.1, 0.15) is 0 Å². The first-order valence-electron chi connectivity index (χ1n) is 3.83. The molecule has 0 atom stereocenters. The Bertz CT molecular complexity index is 371. The van der Waals surface area contributed by atoms with Gasteiger partial charge in [0.2, 0.25) is 0 Å². The molecule has 0 fully saturated rings. The van der Waals surface area contributed by atoms with Gasteiger partial charge < -0.3 is 15.3 Å². The average Bonchev–Trinajstić information content (AvgIpc) is 2.14. The van der Waals surface area contributed by atoms with E-state index in [2.05, 4.69) is 0 Å². The number of hydrogen-bond acceptors (Lipinski definition) is 3. The molecule has 0 aliphatic heterocycles. The predicted molar refractivity (Wildman–Crippen MR) is 35.7 cm³/mol. The summed E-state index contributed by atoms with van der Waals surface area (Å²) < 4.78 is 110. The van der Waals surface area contributed by atoms with Crippen LogP contribution in [0.25, 0.3) is 0 Å². The molecule has 0 amide bonds. The summed E-state index contributed by atoms with van der Waals surface area (Å²) in [5.74, 6) is -31.3. The molecule has 0 saturated heterocycles. The molecule has 0 unspecified atom stereocenters. The molecular formula is C6H3F9O4. The van der Waals surface area contributed by atoms with E-state index in [9.17, 15) is 44.3 Å².